The monoisotopic (exact) mass is 256 g/mol. The lowest BCUT2D eigenvalue weighted by Crippen LogP contribution is -2.47. The number of carboxylic acids is 1. The van der Waals surface area contributed by atoms with Gasteiger partial charge in [0.2, 0.25) is 5.91 Å². The number of morpholine rings is 1. The van der Waals surface area contributed by atoms with Crippen molar-refractivity contribution in [3.8, 4) is 0 Å². The summed E-state index contributed by atoms with van der Waals surface area (Å²) in [6.45, 7) is 3.27. The largest absolute Gasteiger partial charge is 0.480 e. The zero-order chi connectivity index (χ0) is 13.0. The molecule has 0 aromatic rings. The molecule has 18 heavy (non-hydrogen) atoms. The maximum atomic E-state index is 12.0. The smallest absolute Gasteiger partial charge is 0.317 e. The summed E-state index contributed by atoms with van der Waals surface area (Å²) in [7, 11) is 0. The second-order valence-electron chi connectivity index (χ2n) is 5.00. The van der Waals surface area contributed by atoms with Crippen molar-refractivity contribution in [2.45, 2.75) is 12.8 Å². The summed E-state index contributed by atoms with van der Waals surface area (Å²) in [6.07, 6.45) is 2.31. The summed E-state index contributed by atoms with van der Waals surface area (Å²) in [5.74, 6) is -0.271. The highest BCUT2D eigenvalue weighted by Gasteiger charge is 2.27. The average Bonchev–Trinajstić information content (AvgIpc) is 3.13. The van der Waals surface area contributed by atoms with Crippen LogP contribution in [-0.4, -0.2) is 72.7 Å². The first-order valence-corrected chi connectivity index (χ1v) is 6.45. The van der Waals surface area contributed by atoms with Gasteiger partial charge in [-0.3, -0.25) is 14.5 Å². The van der Waals surface area contributed by atoms with Crippen molar-refractivity contribution in [3.63, 3.8) is 0 Å². The number of rotatable bonds is 6. The van der Waals surface area contributed by atoms with Gasteiger partial charge >= 0.3 is 5.97 Å². The number of carbonyl (C=O) groups excluding carboxylic acids is 1. The minimum Gasteiger partial charge on any atom is -0.480 e. The molecule has 102 valence electrons. The Labute approximate surface area is 106 Å². The molecule has 1 heterocycles. The lowest BCUT2D eigenvalue weighted by Gasteiger charge is -2.29. The van der Waals surface area contributed by atoms with E-state index in [0.717, 1.165) is 19.4 Å². The molecule has 6 heteroatoms. The van der Waals surface area contributed by atoms with Gasteiger partial charge in [0.25, 0.3) is 0 Å². The topological polar surface area (TPSA) is 70.1 Å². The van der Waals surface area contributed by atoms with E-state index in [9.17, 15) is 9.59 Å². The lowest BCUT2D eigenvalue weighted by molar-refractivity contribution is -0.141. The zero-order valence-corrected chi connectivity index (χ0v) is 10.5. The molecule has 1 N–H and O–H groups in total. The summed E-state index contributed by atoms with van der Waals surface area (Å²) < 4.78 is 5.19. The van der Waals surface area contributed by atoms with Gasteiger partial charge in [-0.05, 0) is 18.8 Å². The fourth-order valence-corrected chi connectivity index (χ4v) is 2.15. The average molecular weight is 256 g/mol. The van der Waals surface area contributed by atoms with Crippen LogP contribution in [0.1, 0.15) is 12.8 Å². The molecule has 2 rings (SSSR count). The van der Waals surface area contributed by atoms with Crippen LogP contribution in [0.15, 0.2) is 0 Å². The molecule has 0 spiro atoms. The molecule has 0 aromatic heterocycles. The Bertz CT molecular complexity index is 311. The van der Waals surface area contributed by atoms with Gasteiger partial charge in [0, 0.05) is 19.6 Å². The molecule has 2 fully saturated rings. The maximum Gasteiger partial charge on any atom is 0.317 e. The summed E-state index contributed by atoms with van der Waals surface area (Å²) >= 11 is 0. The SMILES string of the molecule is O=C(O)CN(CC(=O)N1CCOCC1)CC1CC1. The molecule has 2 aliphatic rings. The van der Waals surface area contributed by atoms with Gasteiger partial charge in [0.1, 0.15) is 0 Å². The molecule has 1 amide bonds. The number of carbonyl (C=O) groups is 2. The molecule has 0 bridgehead atoms. The van der Waals surface area contributed by atoms with E-state index in [0.29, 0.717) is 32.2 Å². The van der Waals surface area contributed by atoms with E-state index in [1.807, 2.05) is 0 Å². The first-order valence-electron chi connectivity index (χ1n) is 6.45. The number of carboxylic acid groups (broad SMARTS) is 1. The first-order chi connectivity index (χ1) is 8.65. The molecule has 0 aromatic carbocycles. The number of nitrogens with zero attached hydrogens (tertiary/aromatic N) is 2. The predicted octanol–water partition coefficient (Wildman–Crippen LogP) is -0.358. The van der Waals surface area contributed by atoms with Crippen LogP contribution >= 0.6 is 0 Å². The molecule has 0 radical (unpaired) electrons. The van der Waals surface area contributed by atoms with E-state index < -0.39 is 5.97 Å². The molecule has 1 saturated carbocycles. The van der Waals surface area contributed by atoms with Crippen molar-refractivity contribution in [1.29, 1.82) is 0 Å². The Morgan fingerprint density at radius 2 is 1.89 bits per heavy atom. The van der Waals surface area contributed by atoms with E-state index in [1.54, 1.807) is 9.80 Å². The van der Waals surface area contributed by atoms with E-state index >= 15 is 0 Å². The molecule has 1 aliphatic carbocycles. The van der Waals surface area contributed by atoms with Gasteiger partial charge in [-0.1, -0.05) is 0 Å². The molecule has 1 saturated heterocycles. The molecule has 6 nitrogen and oxygen atoms in total. The Balaban J connectivity index is 1.81. The highest BCUT2D eigenvalue weighted by Crippen LogP contribution is 2.29. The normalized spacial score (nSPS) is 20.2. The molecule has 0 atom stereocenters. The van der Waals surface area contributed by atoms with Crippen LogP contribution in [-0.2, 0) is 14.3 Å². The second kappa shape index (κ2) is 6.15. The van der Waals surface area contributed by atoms with E-state index in [2.05, 4.69) is 0 Å². The number of aliphatic carboxylic acids is 1. The molecular formula is C12H20N2O4. The van der Waals surface area contributed by atoms with Crippen LogP contribution in [0.25, 0.3) is 0 Å². The third-order valence-electron chi connectivity index (χ3n) is 3.29. The first kappa shape index (κ1) is 13.3. The molecular weight excluding hydrogens is 236 g/mol. The van der Waals surface area contributed by atoms with Gasteiger partial charge in [-0.25, -0.2) is 0 Å². The Morgan fingerprint density at radius 1 is 1.22 bits per heavy atom. The van der Waals surface area contributed by atoms with E-state index in [-0.39, 0.29) is 19.0 Å². The van der Waals surface area contributed by atoms with Crippen LogP contribution in [0.3, 0.4) is 0 Å². The number of hydrogen-bond donors (Lipinski definition) is 1. The van der Waals surface area contributed by atoms with Crippen molar-refractivity contribution in [3.05, 3.63) is 0 Å². The standard InChI is InChI=1S/C12H20N2O4/c15-11(14-3-5-18-6-4-14)8-13(9-12(16)17)7-10-1-2-10/h10H,1-9H2,(H,16,17). The van der Waals surface area contributed by atoms with Gasteiger partial charge in [-0.15, -0.1) is 0 Å². The number of hydrogen-bond acceptors (Lipinski definition) is 4. The van der Waals surface area contributed by atoms with Gasteiger partial charge in [0.05, 0.1) is 26.3 Å². The van der Waals surface area contributed by atoms with Crippen LogP contribution in [0, 0.1) is 5.92 Å². The summed E-state index contributed by atoms with van der Waals surface area (Å²) in [5.41, 5.74) is 0. The van der Waals surface area contributed by atoms with E-state index in [4.69, 9.17) is 9.84 Å². The van der Waals surface area contributed by atoms with Crippen molar-refractivity contribution in [2.24, 2.45) is 5.92 Å². The Hall–Kier alpha value is -1.14. The van der Waals surface area contributed by atoms with Crippen molar-refractivity contribution in [1.82, 2.24) is 9.80 Å². The van der Waals surface area contributed by atoms with Crippen molar-refractivity contribution in [2.75, 3.05) is 45.9 Å². The summed E-state index contributed by atoms with van der Waals surface area (Å²) in [6, 6.07) is 0. The minimum atomic E-state index is -0.870. The van der Waals surface area contributed by atoms with Gasteiger partial charge < -0.3 is 14.7 Å². The summed E-state index contributed by atoms with van der Waals surface area (Å²) in [4.78, 5) is 26.3. The Morgan fingerprint density at radius 3 is 2.44 bits per heavy atom. The highest BCUT2D eigenvalue weighted by molar-refractivity contribution is 5.79. The third-order valence-corrected chi connectivity index (χ3v) is 3.29. The lowest BCUT2D eigenvalue weighted by atomic mass is 10.3. The maximum absolute atomic E-state index is 12.0. The van der Waals surface area contributed by atoms with Gasteiger partial charge in [-0.2, -0.15) is 0 Å². The fourth-order valence-electron chi connectivity index (χ4n) is 2.15. The predicted molar refractivity (Wildman–Crippen MR) is 64.2 cm³/mol. The van der Waals surface area contributed by atoms with Crippen molar-refractivity contribution < 1.29 is 19.4 Å². The number of ether oxygens (including phenoxy) is 1. The van der Waals surface area contributed by atoms with Crippen molar-refractivity contribution >= 4 is 11.9 Å². The highest BCUT2D eigenvalue weighted by atomic mass is 16.5. The fraction of sp³-hybridized carbons (Fsp3) is 0.833. The second-order valence-corrected chi connectivity index (χ2v) is 5.00. The quantitative estimate of drug-likeness (QED) is 0.703. The van der Waals surface area contributed by atoms with Crippen LogP contribution in [0.4, 0.5) is 0 Å². The van der Waals surface area contributed by atoms with Crippen LogP contribution < -0.4 is 0 Å². The molecule has 1 aliphatic heterocycles. The Kier molecular flexibility index (Phi) is 4.54. The summed E-state index contributed by atoms with van der Waals surface area (Å²) in [5, 5.41) is 8.85. The number of amides is 1. The molecule has 0 unspecified atom stereocenters. The third kappa shape index (κ3) is 4.27. The zero-order valence-electron chi connectivity index (χ0n) is 10.5. The van der Waals surface area contributed by atoms with Crippen LogP contribution in [0.5, 0.6) is 0 Å². The van der Waals surface area contributed by atoms with Crippen LogP contribution in [0.2, 0.25) is 0 Å². The van der Waals surface area contributed by atoms with E-state index in [1.165, 1.54) is 0 Å². The minimum absolute atomic E-state index is 0.0141. The van der Waals surface area contributed by atoms with Gasteiger partial charge in [0.15, 0.2) is 0 Å².